The average molecular weight is 390 g/mol. The Morgan fingerprint density at radius 2 is 1.74 bits per heavy atom. The lowest BCUT2D eigenvalue weighted by Gasteiger charge is -2.56. The summed E-state index contributed by atoms with van der Waals surface area (Å²) in [6, 6.07) is 5.74. The molecule has 1 amide bonds. The number of benzene rings is 1. The summed E-state index contributed by atoms with van der Waals surface area (Å²) in [6.45, 7) is 3.68. The molecule has 1 aromatic rings. The summed E-state index contributed by atoms with van der Waals surface area (Å²) in [7, 11) is 3.97. The topological polar surface area (TPSA) is 35.6 Å². The number of carbonyl (C=O) groups is 1. The van der Waals surface area contributed by atoms with Crippen LogP contribution in [0.25, 0.3) is 0 Å². The number of hydrogen-bond donors (Lipinski definition) is 1. The number of nitrogens with zero attached hydrogens (tertiary/aromatic N) is 2. The number of anilines is 1. The smallest absolute Gasteiger partial charge is 0.252 e. The average Bonchev–Trinajstić information content (AvgIpc) is 2.60. The first-order valence-electron chi connectivity index (χ1n) is 10.4. The van der Waals surface area contributed by atoms with Crippen LogP contribution in [0, 0.1) is 23.2 Å². The number of halogens is 1. The molecule has 4 fully saturated rings. The minimum atomic E-state index is -0.0348. The first kappa shape index (κ1) is 19.1. The van der Waals surface area contributed by atoms with Gasteiger partial charge in [-0.25, -0.2) is 5.01 Å². The third kappa shape index (κ3) is 3.58. The van der Waals surface area contributed by atoms with E-state index in [2.05, 4.69) is 17.2 Å². The fourth-order valence-electron chi connectivity index (χ4n) is 6.43. The van der Waals surface area contributed by atoms with E-state index in [0.29, 0.717) is 16.0 Å². The van der Waals surface area contributed by atoms with Crippen molar-refractivity contribution < 1.29 is 4.79 Å². The summed E-state index contributed by atoms with van der Waals surface area (Å²) in [5.41, 5.74) is 1.80. The summed E-state index contributed by atoms with van der Waals surface area (Å²) >= 11 is 6.65. The molecule has 0 saturated heterocycles. The lowest BCUT2D eigenvalue weighted by molar-refractivity contribution is -0.0503. The standard InChI is InChI=1S/C22H32ClN3O/c1-4-26(25(2)3)19-7-5-6-18(20(19)23)21(27)24-14-22-11-15-8-16(12-22)10-17(9-15)13-22/h5-7,15-17H,4,8-14H2,1-3H3,(H,24,27). The Morgan fingerprint density at radius 1 is 1.15 bits per heavy atom. The van der Waals surface area contributed by atoms with Crippen LogP contribution >= 0.6 is 11.6 Å². The minimum Gasteiger partial charge on any atom is -0.351 e. The minimum absolute atomic E-state index is 0.0348. The van der Waals surface area contributed by atoms with Gasteiger partial charge >= 0.3 is 0 Å². The lowest BCUT2D eigenvalue weighted by Crippen LogP contribution is -2.51. The highest BCUT2D eigenvalue weighted by Crippen LogP contribution is 2.59. The van der Waals surface area contributed by atoms with Gasteiger partial charge in [-0.3, -0.25) is 4.79 Å². The molecule has 27 heavy (non-hydrogen) atoms. The van der Waals surface area contributed by atoms with Crippen molar-refractivity contribution in [1.82, 2.24) is 10.3 Å². The first-order chi connectivity index (χ1) is 12.9. The molecule has 1 aromatic carbocycles. The second-order valence-electron chi connectivity index (χ2n) is 9.30. The van der Waals surface area contributed by atoms with Gasteiger partial charge in [-0.15, -0.1) is 0 Å². The summed E-state index contributed by atoms with van der Waals surface area (Å²) < 4.78 is 0. The molecule has 0 spiro atoms. The third-order valence-electron chi connectivity index (χ3n) is 7.07. The second-order valence-corrected chi connectivity index (χ2v) is 9.68. The van der Waals surface area contributed by atoms with Crippen LogP contribution in [0.5, 0.6) is 0 Å². The van der Waals surface area contributed by atoms with Crippen molar-refractivity contribution in [3.05, 3.63) is 28.8 Å². The van der Waals surface area contributed by atoms with Crippen molar-refractivity contribution in [2.75, 3.05) is 32.2 Å². The number of hydrogen-bond acceptors (Lipinski definition) is 3. The fraction of sp³-hybridized carbons (Fsp3) is 0.682. The van der Waals surface area contributed by atoms with Gasteiger partial charge in [-0.1, -0.05) is 17.7 Å². The molecule has 0 aliphatic heterocycles. The van der Waals surface area contributed by atoms with Crippen LogP contribution in [0.2, 0.25) is 5.02 Å². The SMILES string of the molecule is CCN(c1cccc(C(=O)NCC23CC4CC(CC(C4)C2)C3)c1Cl)N(C)C. The maximum absolute atomic E-state index is 13.0. The van der Waals surface area contributed by atoms with Crippen LogP contribution in [0.3, 0.4) is 0 Å². The molecule has 4 nitrogen and oxygen atoms in total. The van der Waals surface area contributed by atoms with E-state index in [1.54, 1.807) is 0 Å². The monoisotopic (exact) mass is 389 g/mol. The molecule has 4 saturated carbocycles. The van der Waals surface area contributed by atoms with Gasteiger partial charge in [-0.05, 0) is 80.8 Å². The molecule has 4 aliphatic carbocycles. The van der Waals surface area contributed by atoms with Crippen molar-refractivity contribution in [1.29, 1.82) is 0 Å². The normalized spacial score (nSPS) is 31.4. The summed E-state index contributed by atoms with van der Waals surface area (Å²) in [4.78, 5) is 13.0. The zero-order valence-electron chi connectivity index (χ0n) is 16.8. The summed E-state index contributed by atoms with van der Waals surface area (Å²) in [5.74, 6) is 2.67. The van der Waals surface area contributed by atoms with E-state index < -0.39 is 0 Å². The predicted octanol–water partition coefficient (Wildman–Crippen LogP) is 4.59. The molecule has 1 N–H and O–H groups in total. The molecule has 0 heterocycles. The largest absolute Gasteiger partial charge is 0.351 e. The van der Waals surface area contributed by atoms with E-state index in [4.69, 9.17) is 11.6 Å². The van der Waals surface area contributed by atoms with Crippen molar-refractivity contribution >= 4 is 23.2 Å². The highest BCUT2D eigenvalue weighted by atomic mass is 35.5. The second kappa shape index (κ2) is 7.29. The van der Waals surface area contributed by atoms with Crippen LogP contribution in [0.1, 0.15) is 55.8 Å². The zero-order chi connectivity index (χ0) is 19.2. The maximum atomic E-state index is 13.0. The van der Waals surface area contributed by atoms with Crippen molar-refractivity contribution in [3.63, 3.8) is 0 Å². The number of amides is 1. The number of rotatable bonds is 6. The van der Waals surface area contributed by atoms with Gasteiger partial charge in [0.2, 0.25) is 0 Å². The third-order valence-corrected chi connectivity index (χ3v) is 7.47. The Hall–Kier alpha value is -1.26. The van der Waals surface area contributed by atoms with E-state index in [0.717, 1.165) is 36.5 Å². The zero-order valence-corrected chi connectivity index (χ0v) is 17.6. The molecule has 0 atom stereocenters. The van der Waals surface area contributed by atoms with Crippen LogP contribution in [0.15, 0.2) is 18.2 Å². The van der Waals surface area contributed by atoms with Crippen molar-refractivity contribution in [2.45, 2.75) is 45.4 Å². The van der Waals surface area contributed by atoms with Crippen LogP contribution in [0.4, 0.5) is 5.69 Å². The van der Waals surface area contributed by atoms with Crippen molar-refractivity contribution in [2.24, 2.45) is 23.2 Å². The number of carbonyl (C=O) groups excluding carboxylic acids is 1. The van der Waals surface area contributed by atoms with Gasteiger partial charge in [-0.2, -0.15) is 0 Å². The predicted molar refractivity (Wildman–Crippen MR) is 111 cm³/mol. The first-order valence-corrected chi connectivity index (χ1v) is 10.8. The summed E-state index contributed by atoms with van der Waals surface area (Å²) in [6.07, 6.45) is 8.20. The molecule has 5 heteroatoms. The Kier molecular flexibility index (Phi) is 5.15. The molecular formula is C22H32ClN3O. The Balaban J connectivity index is 1.48. The Labute approximate surface area is 168 Å². The number of hydrazine groups is 1. The van der Waals surface area contributed by atoms with Gasteiger partial charge in [0.15, 0.2) is 0 Å². The van der Waals surface area contributed by atoms with Crippen LogP contribution in [-0.2, 0) is 0 Å². The highest BCUT2D eigenvalue weighted by molar-refractivity contribution is 6.36. The Morgan fingerprint density at radius 3 is 2.26 bits per heavy atom. The van der Waals surface area contributed by atoms with E-state index in [-0.39, 0.29) is 5.91 Å². The quantitative estimate of drug-likeness (QED) is 0.723. The van der Waals surface area contributed by atoms with Gasteiger partial charge in [0.05, 0.1) is 16.3 Å². The van der Waals surface area contributed by atoms with Gasteiger partial charge < -0.3 is 10.3 Å². The van der Waals surface area contributed by atoms with E-state index >= 15 is 0 Å². The fourth-order valence-corrected chi connectivity index (χ4v) is 6.74. The van der Waals surface area contributed by atoms with Crippen LogP contribution < -0.4 is 10.3 Å². The van der Waals surface area contributed by atoms with Gasteiger partial charge in [0.1, 0.15) is 0 Å². The number of nitrogens with one attached hydrogen (secondary N) is 1. The molecule has 4 bridgehead atoms. The maximum Gasteiger partial charge on any atom is 0.252 e. The molecule has 148 valence electrons. The van der Waals surface area contributed by atoms with Crippen molar-refractivity contribution in [3.8, 4) is 0 Å². The van der Waals surface area contributed by atoms with E-state index in [1.807, 2.05) is 37.3 Å². The van der Waals surface area contributed by atoms with E-state index in [9.17, 15) is 4.79 Å². The summed E-state index contributed by atoms with van der Waals surface area (Å²) in [5, 5.41) is 7.86. The molecule has 0 aromatic heterocycles. The van der Waals surface area contributed by atoms with Gasteiger partial charge in [0, 0.05) is 27.2 Å². The molecule has 5 rings (SSSR count). The highest BCUT2D eigenvalue weighted by Gasteiger charge is 2.50. The molecule has 4 aliphatic rings. The molecule has 0 unspecified atom stereocenters. The van der Waals surface area contributed by atoms with Gasteiger partial charge in [0.25, 0.3) is 5.91 Å². The van der Waals surface area contributed by atoms with E-state index in [1.165, 1.54) is 38.5 Å². The molecule has 0 radical (unpaired) electrons. The Bertz CT molecular complexity index is 682. The molecular weight excluding hydrogens is 358 g/mol. The van der Waals surface area contributed by atoms with Crippen LogP contribution in [-0.4, -0.2) is 38.1 Å². The lowest BCUT2D eigenvalue weighted by atomic mass is 9.49.